The molecule has 2 rings (SSSR count). The number of likely N-dealkylation sites (N-methyl/N-ethyl adjacent to an activating group) is 1. The van der Waals surface area contributed by atoms with Crippen LogP contribution in [-0.4, -0.2) is 46.8 Å². The molecular weight excluding hydrogens is 328 g/mol. The van der Waals surface area contributed by atoms with Crippen molar-refractivity contribution in [1.82, 2.24) is 9.80 Å². The van der Waals surface area contributed by atoms with Crippen LogP contribution in [0.5, 0.6) is 0 Å². The van der Waals surface area contributed by atoms with Gasteiger partial charge in [-0.25, -0.2) is 0 Å². The van der Waals surface area contributed by atoms with E-state index < -0.39 is 0 Å². The third-order valence-electron chi connectivity index (χ3n) is 2.91. The zero-order valence-corrected chi connectivity index (χ0v) is 13.0. The van der Waals surface area contributed by atoms with Crippen LogP contribution in [0.25, 0.3) is 0 Å². The van der Waals surface area contributed by atoms with Gasteiger partial charge < -0.3 is 9.80 Å². The molecule has 4 nitrogen and oxygen atoms in total. The minimum atomic E-state index is -0.0289. The third-order valence-corrected chi connectivity index (χ3v) is 4.38. The van der Waals surface area contributed by atoms with Crippen LogP contribution in [0.2, 0.25) is 0 Å². The molecule has 1 aromatic rings. The van der Waals surface area contributed by atoms with Gasteiger partial charge in [0.1, 0.15) is 6.54 Å². The van der Waals surface area contributed by atoms with Gasteiger partial charge in [-0.05, 0) is 17.7 Å². The Balaban J connectivity index is 1.88. The van der Waals surface area contributed by atoms with Crippen LogP contribution in [0.3, 0.4) is 0 Å². The highest BCUT2D eigenvalue weighted by molar-refractivity contribution is 9.10. The second-order valence-corrected chi connectivity index (χ2v) is 6.32. The van der Waals surface area contributed by atoms with E-state index in [4.69, 9.17) is 0 Å². The number of carbonyl (C=O) groups is 2. The minimum absolute atomic E-state index is 0.0289. The van der Waals surface area contributed by atoms with E-state index in [2.05, 4.69) is 15.9 Å². The first-order valence-electron chi connectivity index (χ1n) is 5.90. The lowest BCUT2D eigenvalue weighted by Crippen LogP contribution is -2.38. The van der Waals surface area contributed by atoms with Crippen LogP contribution in [0.1, 0.15) is 5.56 Å². The molecule has 1 aromatic carbocycles. The summed E-state index contributed by atoms with van der Waals surface area (Å²) in [5.74, 6) is 1.13. The maximum absolute atomic E-state index is 12.0. The van der Waals surface area contributed by atoms with Crippen LogP contribution in [-0.2, 0) is 16.1 Å². The lowest BCUT2D eigenvalue weighted by molar-refractivity contribution is -0.137. The van der Waals surface area contributed by atoms with Gasteiger partial charge in [-0.2, -0.15) is 0 Å². The van der Waals surface area contributed by atoms with E-state index in [1.165, 1.54) is 0 Å². The smallest absolute Gasteiger partial charge is 0.242 e. The van der Waals surface area contributed by atoms with Gasteiger partial charge in [-0.15, -0.1) is 11.8 Å². The fourth-order valence-corrected chi connectivity index (χ4v) is 2.94. The Bertz CT molecular complexity index is 478. The van der Waals surface area contributed by atoms with E-state index in [0.717, 1.165) is 10.0 Å². The molecule has 0 aromatic heterocycles. The van der Waals surface area contributed by atoms with Gasteiger partial charge in [-0.1, -0.05) is 28.1 Å². The van der Waals surface area contributed by atoms with Crippen molar-refractivity contribution in [2.24, 2.45) is 0 Å². The summed E-state index contributed by atoms with van der Waals surface area (Å²) in [6, 6.07) is 7.86. The molecule has 0 atom stereocenters. The number of nitrogens with zero attached hydrogens (tertiary/aromatic N) is 2. The highest BCUT2D eigenvalue weighted by Gasteiger charge is 2.24. The van der Waals surface area contributed by atoms with Crippen molar-refractivity contribution in [3.05, 3.63) is 34.3 Å². The van der Waals surface area contributed by atoms with E-state index >= 15 is 0 Å². The average molecular weight is 343 g/mol. The Kier molecular flexibility index (Phi) is 4.87. The van der Waals surface area contributed by atoms with Crippen molar-refractivity contribution >= 4 is 39.5 Å². The normalized spacial score (nSPS) is 14.8. The lowest BCUT2D eigenvalue weighted by atomic mass is 10.2. The molecular formula is C13H15BrN2O2S. The van der Waals surface area contributed by atoms with Crippen molar-refractivity contribution in [2.45, 2.75) is 6.54 Å². The molecule has 0 radical (unpaired) electrons. The molecule has 0 N–H and O–H groups in total. The zero-order valence-electron chi connectivity index (χ0n) is 10.6. The van der Waals surface area contributed by atoms with Crippen molar-refractivity contribution in [1.29, 1.82) is 0 Å². The Morgan fingerprint density at radius 2 is 2.11 bits per heavy atom. The highest BCUT2D eigenvalue weighted by atomic mass is 79.9. The summed E-state index contributed by atoms with van der Waals surface area (Å²) in [6.07, 6.45) is 0. The van der Waals surface area contributed by atoms with Crippen LogP contribution in [0, 0.1) is 0 Å². The second kappa shape index (κ2) is 6.43. The maximum atomic E-state index is 12.0. The number of rotatable bonds is 4. The molecule has 19 heavy (non-hydrogen) atoms. The van der Waals surface area contributed by atoms with Crippen molar-refractivity contribution < 1.29 is 9.59 Å². The number of halogens is 1. The van der Waals surface area contributed by atoms with E-state index in [1.807, 2.05) is 24.3 Å². The van der Waals surface area contributed by atoms with Gasteiger partial charge in [-0.3, -0.25) is 9.59 Å². The van der Waals surface area contributed by atoms with E-state index in [9.17, 15) is 9.59 Å². The summed E-state index contributed by atoms with van der Waals surface area (Å²) in [5, 5.41) is 0. The molecule has 1 aliphatic heterocycles. The Hall–Kier alpha value is -1.01. The molecule has 1 heterocycles. The summed E-state index contributed by atoms with van der Waals surface area (Å²) in [7, 11) is 1.76. The molecule has 6 heteroatoms. The minimum Gasteiger partial charge on any atom is -0.340 e. The summed E-state index contributed by atoms with van der Waals surface area (Å²) in [4.78, 5) is 26.7. The van der Waals surface area contributed by atoms with Gasteiger partial charge in [0, 0.05) is 18.1 Å². The fraction of sp³-hybridized carbons (Fsp3) is 0.385. The van der Waals surface area contributed by atoms with Crippen molar-refractivity contribution in [2.75, 3.05) is 25.2 Å². The second-order valence-electron chi connectivity index (χ2n) is 4.45. The number of hydrogen-bond donors (Lipinski definition) is 0. The van der Waals surface area contributed by atoms with Gasteiger partial charge in [0.05, 0.1) is 11.6 Å². The van der Waals surface area contributed by atoms with E-state index in [-0.39, 0.29) is 18.4 Å². The summed E-state index contributed by atoms with van der Waals surface area (Å²) >= 11 is 4.93. The molecule has 1 fully saturated rings. The number of benzene rings is 1. The monoisotopic (exact) mass is 342 g/mol. The van der Waals surface area contributed by atoms with Gasteiger partial charge >= 0.3 is 0 Å². The molecule has 0 unspecified atom stereocenters. The summed E-state index contributed by atoms with van der Waals surface area (Å²) < 4.78 is 1.02. The van der Waals surface area contributed by atoms with E-state index in [0.29, 0.717) is 18.2 Å². The molecule has 102 valence electrons. The van der Waals surface area contributed by atoms with Crippen LogP contribution in [0.4, 0.5) is 0 Å². The SMILES string of the molecule is CN(Cc1ccc(Br)cc1)C(=O)CN1CSCC1=O. The standard InChI is InChI=1S/C13H15BrN2O2S/c1-15(6-10-2-4-11(14)5-3-10)12(17)7-16-9-19-8-13(16)18/h2-5H,6-9H2,1H3. The molecule has 1 aliphatic rings. The van der Waals surface area contributed by atoms with Gasteiger partial charge in [0.25, 0.3) is 0 Å². The molecule has 0 saturated carbocycles. The number of carbonyl (C=O) groups excluding carboxylic acids is 2. The Morgan fingerprint density at radius 3 is 2.68 bits per heavy atom. The number of hydrogen-bond acceptors (Lipinski definition) is 3. The third kappa shape index (κ3) is 3.98. The Labute approximate surface area is 125 Å². The highest BCUT2D eigenvalue weighted by Crippen LogP contribution is 2.15. The van der Waals surface area contributed by atoms with E-state index in [1.54, 1.807) is 28.6 Å². The molecule has 0 aliphatic carbocycles. The summed E-state index contributed by atoms with van der Waals surface area (Å²) in [5.41, 5.74) is 1.07. The van der Waals surface area contributed by atoms with Crippen LogP contribution in [0.15, 0.2) is 28.7 Å². The maximum Gasteiger partial charge on any atom is 0.242 e. The average Bonchev–Trinajstić information content (AvgIpc) is 2.78. The first-order chi connectivity index (χ1) is 9.06. The van der Waals surface area contributed by atoms with Gasteiger partial charge in [0.2, 0.25) is 11.8 Å². The van der Waals surface area contributed by atoms with Crippen molar-refractivity contribution in [3.63, 3.8) is 0 Å². The van der Waals surface area contributed by atoms with Gasteiger partial charge in [0.15, 0.2) is 0 Å². The molecule has 2 amide bonds. The quantitative estimate of drug-likeness (QED) is 0.839. The topological polar surface area (TPSA) is 40.6 Å². The predicted octanol–water partition coefficient (Wildman–Crippen LogP) is 1.94. The first-order valence-corrected chi connectivity index (χ1v) is 7.85. The Morgan fingerprint density at radius 1 is 1.42 bits per heavy atom. The van der Waals surface area contributed by atoms with Crippen molar-refractivity contribution in [3.8, 4) is 0 Å². The van der Waals surface area contributed by atoms with Crippen LogP contribution < -0.4 is 0 Å². The zero-order chi connectivity index (χ0) is 13.8. The largest absolute Gasteiger partial charge is 0.340 e. The lowest BCUT2D eigenvalue weighted by Gasteiger charge is -2.21. The predicted molar refractivity (Wildman–Crippen MR) is 79.7 cm³/mol. The number of amides is 2. The molecule has 0 bridgehead atoms. The summed E-state index contributed by atoms with van der Waals surface area (Å²) in [6.45, 7) is 0.736. The molecule has 1 saturated heterocycles. The first kappa shape index (κ1) is 14.4. The van der Waals surface area contributed by atoms with Crippen LogP contribution >= 0.6 is 27.7 Å². The molecule has 0 spiro atoms. The number of thioether (sulfide) groups is 1. The fourth-order valence-electron chi connectivity index (χ4n) is 1.78.